The summed E-state index contributed by atoms with van der Waals surface area (Å²) in [5.74, 6) is -1.27. The summed E-state index contributed by atoms with van der Waals surface area (Å²) in [6.07, 6.45) is 0. The molecule has 2 aromatic heterocycles. The maximum atomic E-state index is 13.7. The first-order valence-electron chi connectivity index (χ1n) is 14.2. The van der Waals surface area contributed by atoms with Crippen molar-refractivity contribution in [2.45, 2.75) is 26.4 Å². The highest BCUT2D eigenvalue weighted by Gasteiger charge is 2.40. The van der Waals surface area contributed by atoms with Crippen LogP contribution in [0.1, 0.15) is 34.6 Å². The molecule has 0 aliphatic carbocycles. The number of rotatable bonds is 5. The van der Waals surface area contributed by atoms with E-state index in [9.17, 15) is 19.2 Å². The van der Waals surface area contributed by atoms with E-state index < -0.39 is 6.04 Å². The van der Waals surface area contributed by atoms with Crippen LogP contribution in [0.4, 0.5) is 0 Å². The van der Waals surface area contributed by atoms with E-state index in [0.29, 0.717) is 59.2 Å². The molecular formula is C32H31N5O5. The molecule has 214 valence electrons. The Labute approximate surface area is 241 Å². The first kappa shape index (κ1) is 26.2. The van der Waals surface area contributed by atoms with Crippen molar-refractivity contribution in [2.24, 2.45) is 5.92 Å². The summed E-state index contributed by atoms with van der Waals surface area (Å²) in [5, 5.41) is 5.92. The molecule has 10 nitrogen and oxygen atoms in total. The SMILES string of the molecule is CC(C)C(NC(=O)Cn1c2ccccc2c2c3c(c4c5ccccc5[nH]c4c21)C(=O)N(C)C3=O)C(=O)N1CCOCC1. The smallest absolute Gasteiger partial charge is 0.262 e. The Bertz CT molecular complexity index is 1960. The Morgan fingerprint density at radius 2 is 1.57 bits per heavy atom. The molecule has 2 aliphatic rings. The molecule has 2 N–H and O–H groups in total. The van der Waals surface area contributed by atoms with Crippen molar-refractivity contribution >= 4 is 67.2 Å². The number of carbonyl (C=O) groups excluding carboxylic acids is 4. The number of morpholine rings is 1. The molecule has 3 aromatic carbocycles. The van der Waals surface area contributed by atoms with E-state index in [1.54, 1.807) is 4.90 Å². The summed E-state index contributed by atoms with van der Waals surface area (Å²) in [4.78, 5) is 60.6. The van der Waals surface area contributed by atoms with Gasteiger partial charge in [-0.3, -0.25) is 24.1 Å². The van der Waals surface area contributed by atoms with E-state index in [1.807, 2.05) is 66.9 Å². The molecule has 0 spiro atoms. The minimum Gasteiger partial charge on any atom is -0.378 e. The molecule has 0 bridgehead atoms. The van der Waals surface area contributed by atoms with E-state index in [4.69, 9.17) is 4.74 Å². The summed E-state index contributed by atoms with van der Waals surface area (Å²) in [6, 6.07) is 14.6. The summed E-state index contributed by atoms with van der Waals surface area (Å²) in [7, 11) is 1.50. The number of nitrogens with zero attached hydrogens (tertiary/aromatic N) is 3. The van der Waals surface area contributed by atoms with Crippen LogP contribution in [0.15, 0.2) is 48.5 Å². The summed E-state index contributed by atoms with van der Waals surface area (Å²) < 4.78 is 7.29. The van der Waals surface area contributed by atoms with E-state index in [2.05, 4.69) is 10.3 Å². The van der Waals surface area contributed by atoms with Crippen molar-refractivity contribution < 1.29 is 23.9 Å². The zero-order chi connectivity index (χ0) is 29.3. The highest BCUT2D eigenvalue weighted by Crippen LogP contribution is 2.44. The molecule has 42 heavy (non-hydrogen) atoms. The van der Waals surface area contributed by atoms with E-state index in [0.717, 1.165) is 26.7 Å². The molecule has 1 saturated heterocycles. The van der Waals surface area contributed by atoms with Crippen LogP contribution in [0, 0.1) is 5.92 Å². The second-order valence-corrected chi connectivity index (χ2v) is 11.4. The fraction of sp³-hybridized carbons (Fsp3) is 0.312. The van der Waals surface area contributed by atoms with Crippen LogP contribution in [-0.2, 0) is 20.9 Å². The van der Waals surface area contributed by atoms with E-state index in [1.165, 1.54) is 7.05 Å². The topological polar surface area (TPSA) is 117 Å². The number of amides is 4. The standard InChI is InChI=1S/C32H31N5O5/c1-17(2)27(32(41)36-12-14-42-15-13-36)34-22(38)16-37-21-11-7-5-9-19(21)24-26-25(30(39)35(3)31(26)40)23-18-8-4-6-10-20(18)33-28(23)29(24)37/h4-11,17,27,33H,12-16H2,1-3H3,(H,34,38). The quantitative estimate of drug-likeness (QED) is 0.316. The summed E-state index contributed by atoms with van der Waals surface area (Å²) >= 11 is 0. The molecule has 4 heterocycles. The number of aromatic amines is 1. The van der Waals surface area contributed by atoms with Gasteiger partial charge >= 0.3 is 0 Å². The second-order valence-electron chi connectivity index (χ2n) is 11.4. The van der Waals surface area contributed by atoms with Gasteiger partial charge in [0.2, 0.25) is 11.8 Å². The Morgan fingerprint density at radius 3 is 2.29 bits per heavy atom. The van der Waals surface area contributed by atoms with Crippen LogP contribution >= 0.6 is 0 Å². The second kappa shape index (κ2) is 9.70. The van der Waals surface area contributed by atoms with Gasteiger partial charge in [0, 0.05) is 52.7 Å². The summed E-state index contributed by atoms with van der Waals surface area (Å²) in [5.41, 5.74) is 3.68. The van der Waals surface area contributed by atoms with Gasteiger partial charge < -0.3 is 24.5 Å². The molecule has 7 rings (SSSR count). The predicted molar refractivity (Wildman–Crippen MR) is 159 cm³/mol. The highest BCUT2D eigenvalue weighted by atomic mass is 16.5. The van der Waals surface area contributed by atoms with Crippen molar-refractivity contribution in [1.29, 1.82) is 0 Å². The van der Waals surface area contributed by atoms with Gasteiger partial charge in [-0.2, -0.15) is 0 Å². The molecule has 1 unspecified atom stereocenters. The molecule has 0 radical (unpaired) electrons. The molecule has 5 aromatic rings. The predicted octanol–water partition coefficient (Wildman–Crippen LogP) is 3.65. The van der Waals surface area contributed by atoms with Crippen molar-refractivity contribution in [3.63, 3.8) is 0 Å². The van der Waals surface area contributed by atoms with Crippen LogP contribution in [0.25, 0.3) is 43.6 Å². The van der Waals surface area contributed by atoms with Crippen molar-refractivity contribution in [2.75, 3.05) is 33.4 Å². The third-order valence-corrected chi connectivity index (χ3v) is 8.57. The lowest BCUT2D eigenvalue weighted by Crippen LogP contribution is -2.54. The zero-order valence-electron chi connectivity index (χ0n) is 23.7. The van der Waals surface area contributed by atoms with Crippen LogP contribution < -0.4 is 5.32 Å². The number of carbonyl (C=O) groups is 4. The van der Waals surface area contributed by atoms with Crippen LogP contribution in [0.3, 0.4) is 0 Å². The van der Waals surface area contributed by atoms with Crippen molar-refractivity contribution in [3.8, 4) is 0 Å². The molecule has 2 aliphatic heterocycles. The Balaban J connectivity index is 1.42. The molecular weight excluding hydrogens is 534 g/mol. The van der Waals surface area contributed by atoms with Gasteiger partial charge in [-0.25, -0.2) is 0 Å². The number of hydrogen-bond donors (Lipinski definition) is 2. The number of hydrogen-bond acceptors (Lipinski definition) is 5. The number of imide groups is 1. The largest absolute Gasteiger partial charge is 0.378 e. The van der Waals surface area contributed by atoms with Crippen LogP contribution in [0.5, 0.6) is 0 Å². The van der Waals surface area contributed by atoms with Crippen molar-refractivity contribution in [3.05, 3.63) is 59.7 Å². The third kappa shape index (κ3) is 3.75. The monoisotopic (exact) mass is 565 g/mol. The van der Waals surface area contributed by atoms with Gasteiger partial charge in [0.05, 0.1) is 35.4 Å². The van der Waals surface area contributed by atoms with E-state index in [-0.39, 0.29) is 36.1 Å². The first-order valence-corrected chi connectivity index (χ1v) is 14.2. The minimum absolute atomic E-state index is 0.0785. The fourth-order valence-electron chi connectivity index (χ4n) is 6.52. The maximum absolute atomic E-state index is 13.7. The number of para-hydroxylation sites is 2. The lowest BCUT2D eigenvalue weighted by molar-refractivity contribution is -0.141. The number of nitrogens with one attached hydrogen (secondary N) is 2. The first-order chi connectivity index (χ1) is 20.3. The molecule has 1 fully saturated rings. The van der Waals surface area contributed by atoms with Crippen molar-refractivity contribution in [1.82, 2.24) is 24.7 Å². The fourth-order valence-corrected chi connectivity index (χ4v) is 6.52. The molecule has 4 amide bonds. The number of benzene rings is 3. The minimum atomic E-state index is -0.686. The maximum Gasteiger partial charge on any atom is 0.262 e. The lowest BCUT2D eigenvalue weighted by atomic mass is 9.97. The van der Waals surface area contributed by atoms with Gasteiger partial charge in [-0.05, 0) is 18.1 Å². The van der Waals surface area contributed by atoms with Gasteiger partial charge in [-0.1, -0.05) is 50.2 Å². The number of ether oxygens (including phenoxy) is 1. The van der Waals surface area contributed by atoms with Gasteiger partial charge in [0.25, 0.3) is 11.8 Å². The Morgan fingerprint density at radius 1 is 0.929 bits per heavy atom. The van der Waals surface area contributed by atoms with E-state index >= 15 is 0 Å². The van der Waals surface area contributed by atoms with Gasteiger partial charge in [-0.15, -0.1) is 0 Å². The molecule has 0 saturated carbocycles. The third-order valence-electron chi connectivity index (χ3n) is 8.57. The van der Waals surface area contributed by atoms with Gasteiger partial charge in [0.15, 0.2) is 0 Å². The normalized spacial score (nSPS) is 16.4. The molecule has 10 heteroatoms. The molecule has 1 atom stereocenters. The number of fused-ring (bicyclic) bond motifs is 10. The average Bonchev–Trinajstić information content (AvgIpc) is 3.61. The Kier molecular flexibility index (Phi) is 6.05. The van der Waals surface area contributed by atoms with Crippen LogP contribution in [-0.4, -0.2) is 82.4 Å². The Hall–Kier alpha value is -4.70. The van der Waals surface area contributed by atoms with Crippen LogP contribution in [0.2, 0.25) is 0 Å². The number of H-pyrrole nitrogens is 1. The number of aromatic nitrogens is 2. The zero-order valence-corrected chi connectivity index (χ0v) is 23.7. The lowest BCUT2D eigenvalue weighted by Gasteiger charge is -2.32. The summed E-state index contributed by atoms with van der Waals surface area (Å²) in [6.45, 7) is 5.70. The average molecular weight is 566 g/mol. The van der Waals surface area contributed by atoms with Gasteiger partial charge in [0.1, 0.15) is 12.6 Å². The highest BCUT2D eigenvalue weighted by molar-refractivity contribution is 6.39.